The summed E-state index contributed by atoms with van der Waals surface area (Å²) in [6.45, 7) is 4.56. The SMILES string of the molecule is CCCCCCCCCCCC.[Pd]. The first-order valence-electron chi connectivity index (χ1n) is 5.91. The molecule has 13 heavy (non-hydrogen) atoms. The van der Waals surface area contributed by atoms with E-state index in [9.17, 15) is 0 Å². The molecule has 0 spiro atoms. The fourth-order valence-electron chi connectivity index (χ4n) is 1.56. The van der Waals surface area contributed by atoms with E-state index in [4.69, 9.17) is 0 Å². The van der Waals surface area contributed by atoms with Crippen LogP contribution < -0.4 is 0 Å². The summed E-state index contributed by atoms with van der Waals surface area (Å²) in [6, 6.07) is 0. The van der Waals surface area contributed by atoms with Crippen LogP contribution in [0, 0.1) is 0 Å². The van der Waals surface area contributed by atoms with Gasteiger partial charge in [-0.25, -0.2) is 0 Å². The number of hydrogen-bond acceptors (Lipinski definition) is 0. The monoisotopic (exact) mass is 276 g/mol. The van der Waals surface area contributed by atoms with Gasteiger partial charge < -0.3 is 0 Å². The third-order valence-corrected chi connectivity index (χ3v) is 2.46. The predicted molar refractivity (Wildman–Crippen MR) is 57.5 cm³/mol. The van der Waals surface area contributed by atoms with E-state index in [0.717, 1.165) is 0 Å². The molecule has 0 aliphatic rings. The van der Waals surface area contributed by atoms with Gasteiger partial charge in [-0.1, -0.05) is 78.1 Å². The Balaban J connectivity index is 0. The molecule has 0 saturated heterocycles. The van der Waals surface area contributed by atoms with E-state index in [1.54, 1.807) is 0 Å². The largest absolute Gasteiger partial charge is 0.0654 e. The van der Waals surface area contributed by atoms with Crippen LogP contribution in [0.1, 0.15) is 78.1 Å². The van der Waals surface area contributed by atoms with Crippen LogP contribution in [-0.2, 0) is 20.4 Å². The molecule has 0 nitrogen and oxygen atoms in total. The van der Waals surface area contributed by atoms with Crippen LogP contribution in [0.4, 0.5) is 0 Å². The van der Waals surface area contributed by atoms with Crippen LogP contribution in [0.25, 0.3) is 0 Å². The van der Waals surface area contributed by atoms with Crippen molar-refractivity contribution >= 4 is 0 Å². The molecule has 0 heterocycles. The van der Waals surface area contributed by atoms with Gasteiger partial charge in [0.25, 0.3) is 0 Å². The Bertz CT molecular complexity index is 61.5. The maximum atomic E-state index is 2.28. The second-order valence-electron chi connectivity index (χ2n) is 3.83. The smallest absolute Gasteiger partial charge is 0 e. The van der Waals surface area contributed by atoms with Gasteiger partial charge in [-0.05, 0) is 0 Å². The van der Waals surface area contributed by atoms with Gasteiger partial charge in [-0.3, -0.25) is 0 Å². The minimum Gasteiger partial charge on any atom is -0.0654 e. The predicted octanol–water partition coefficient (Wildman–Crippen LogP) is 4.92. The average Bonchev–Trinajstić information content (AvgIpc) is 2.10. The molecule has 0 atom stereocenters. The number of unbranched alkanes of at least 4 members (excludes halogenated alkanes) is 9. The zero-order chi connectivity index (χ0) is 9.07. The third-order valence-electron chi connectivity index (χ3n) is 2.46. The first-order chi connectivity index (χ1) is 5.91. The Kier molecular flexibility index (Phi) is 18.8. The molecular formula is C12H26Pd. The second kappa shape index (κ2) is 15.1. The van der Waals surface area contributed by atoms with Gasteiger partial charge in [0.15, 0.2) is 0 Å². The van der Waals surface area contributed by atoms with Gasteiger partial charge in [0.05, 0.1) is 0 Å². The van der Waals surface area contributed by atoms with E-state index in [1.165, 1.54) is 64.2 Å². The van der Waals surface area contributed by atoms with Crippen LogP contribution in [-0.4, -0.2) is 0 Å². The summed E-state index contributed by atoms with van der Waals surface area (Å²) in [5, 5.41) is 0. The fraction of sp³-hybridized carbons (Fsp3) is 1.00. The zero-order valence-electron chi connectivity index (χ0n) is 9.39. The summed E-state index contributed by atoms with van der Waals surface area (Å²) in [6.07, 6.45) is 14.4. The Morgan fingerprint density at radius 3 is 0.923 bits per heavy atom. The van der Waals surface area contributed by atoms with Crippen LogP contribution in [0.2, 0.25) is 0 Å². The van der Waals surface area contributed by atoms with E-state index < -0.39 is 0 Å². The Hall–Kier alpha value is 0.662. The van der Waals surface area contributed by atoms with Crippen molar-refractivity contribution in [3.8, 4) is 0 Å². The van der Waals surface area contributed by atoms with Crippen LogP contribution in [0.5, 0.6) is 0 Å². The molecule has 0 bridgehead atoms. The molecule has 0 fully saturated rings. The van der Waals surface area contributed by atoms with E-state index in [0.29, 0.717) is 0 Å². The van der Waals surface area contributed by atoms with Gasteiger partial charge in [-0.2, -0.15) is 0 Å². The summed E-state index contributed by atoms with van der Waals surface area (Å²) in [7, 11) is 0. The van der Waals surface area contributed by atoms with Gasteiger partial charge in [0.2, 0.25) is 0 Å². The molecule has 0 radical (unpaired) electrons. The molecule has 0 N–H and O–H groups in total. The molecule has 0 unspecified atom stereocenters. The van der Waals surface area contributed by atoms with Crippen molar-refractivity contribution in [2.24, 2.45) is 0 Å². The molecule has 1 heteroatoms. The summed E-state index contributed by atoms with van der Waals surface area (Å²) < 4.78 is 0. The number of rotatable bonds is 9. The Morgan fingerprint density at radius 1 is 0.462 bits per heavy atom. The van der Waals surface area contributed by atoms with Gasteiger partial charge in [0, 0.05) is 20.4 Å². The van der Waals surface area contributed by atoms with Crippen molar-refractivity contribution in [1.82, 2.24) is 0 Å². The topological polar surface area (TPSA) is 0 Å². The molecule has 0 saturated carbocycles. The van der Waals surface area contributed by atoms with Crippen molar-refractivity contribution < 1.29 is 20.4 Å². The van der Waals surface area contributed by atoms with E-state index in [-0.39, 0.29) is 20.4 Å². The van der Waals surface area contributed by atoms with Crippen molar-refractivity contribution in [3.63, 3.8) is 0 Å². The molecule has 0 aliphatic carbocycles. The van der Waals surface area contributed by atoms with Gasteiger partial charge in [-0.15, -0.1) is 0 Å². The quantitative estimate of drug-likeness (QED) is 0.414. The van der Waals surface area contributed by atoms with E-state index in [1.807, 2.05) is 0 Å². The molecule has 84 valence electrons. The molecule has 0 aromatic carbocycles. The van der Waals surface area contributed by atoms with Crippen molar-refractivity contribution in [2.45, 2.75) is 78.1 Å². The summed E-state index contributed by atoms with van der Waals surface area (Å²) >= 11 is 0. The fourth-order valence-corrected chi connectivity index (χ4v) is 1.56. The van der Waals surface area contributed by atoms with Crippen LogP contribution in [0.3, 0.4) is 0 Å². The minimum absolute atomic E-state index is 0. The first-order valence-corrected chi connectivity index (χ1v) is 5.91. The van der Waals surface area contributed by atoms with Crippen molar-refractivity contribution in [1.29, 1.82) is 0 Å². The van der Waals surface area contributed by atoms with E-state index in [2.05, 4.69) is 13.8 Å². The molecule has 0 rings (SSSR count). The van der Waals surface area contributed by atoms with Gasteiger partial charge in [0.1, 0.15) is 0 Å². The minimum atomic E-state index is 0. The second-order valence-corrected chi connectivity index (χ2v) is 3.83. The first kappa shape index (κ1) is 16.1. The Labute approximate surface area is 98.5 Å². The van der Waals surface area contributed by atoms with Crippen molar-refractivity contribution in [2.75, 3.05) is 0 Å². The molecule has 0 aromatic heterocycles. The standard InChI is InChI=1S/C12H26.Pd/c1-3-5-7-9-11-12-10-8-6-4-2;/h3-12H2,1-2H3;. The number of hydrogen-bond donors (Lipinski definition) is 0. The molecule has 0 aliphatic heterocycles. The van der Waals surface area contributed by atoms with E-state index >= 15 is 0 Å². The summed E-state index contributed by atoms with van der Waals surface area (Å²) in [5.74, 6) is 0. The van der Waals surface area contributed by atoms with Gasteiger partial charge >= 0.3 is 0 Å². The van der Waals surface area contributed by atoms with Crippen molar-refractivity contribution in [3.05, 3.63) is 0 Å². The molecular weight excluding hydrogens is 251 g/mol. The summed E-state index contributed by atoms with van der Waals surface area (Å²) in [5.41, 5.74) is 0. The average molecular weight is 277 g/mol. The maximum Gasteiger partial charge on any atom is 0 e. The summed E-state index contributed by atoms with van der Waals surface area (Å²) in [4.78, 5) is 0. The molecule has 0 aromatic rings. The normalized spacial score (nSPS) is 9.69. The zero-order valence-corrected chi connectivity index (χ0v) is 10.9. The van der Waals surface area contributed by atoms with Crippen LogP contribution >= 0.6 is 0 Å². The third kappa shape index (κ3) is 15.4. The maximum absolute atomic E-state index is 2.28. The molecule has 0 amide bonds. The Morgan fingerprint density at radius 2 is 0.692 bits per heavy atom. The van der Waals surface area contributed by atoms with Crippen LogP contribution in [0.15, 0.2) is 0 Å².